The number of hydrogen-bond donors (Lipinski definition) is 1. The van der Waals surface area contributed by atoms with Crippen LogP contribution in [0, 0.1) is 0 Å². The zero-order valence-corrected chi connectivity index (χ0v) is 24.5. The number of carbonyl (C=O) groups is 2. The lowest BCUT2D eigenvalue weighted by atomic mass is 9.95. The Morgan fingerprint density at radius 2 is 1.70 bits per heavy atom. The van der Waals surface area contributed by atoms with Gasteiger partial charge in [0.1, 0.15) is 12.6 Å². The third-order valence-corrected chi connectivity index (χ3v) is 8.70. The maximum Gasteiger partial charge on any atom is 0.417 e. The smallest absolute Gasteiger partial charge is 0.352 e. The van der Waals surface area contributed by atoms with Crippen molar-refractivity contribution >= 4 is 50.7 Å². The van der Waals surface area contributed by atoms with E-state index in [1.165, 1.54) is 4.90 Å². The molecule has 1 aliphatic carbocycles. The summed E-state index contributed by atoms with van der Waals surface area (Å²) in [6.45, 7) is 0.775. The molecular weight excluding hydrogens is 590 g/mol. The number of rotatable bonds is 10. The van der Waals surface area contributed by atoms with E-state index < -0.39 is 45.3 Å². The number of carbonyl (C=O) groups excluding carboxylic acids is 2. The van der Waals surface area contributed by atoms with E-state index >= 15 is 0 Å². The van der Waals surface area contributed by atoms with Gasteiger partial charge in [-0.05, 0) is 49.1 Å². The Kier molecular flexibility index (Phi) is 10.8. The van der Waals surface area contributed by atoms with Gasteiger partial charge in [0.15, 0.2) is 0 Å². The number of nitrogens with zero attached hydrogens (tertiary/aromatic N) is 2. The molecule has 2 aromatic carbocycles. The van der Waals surface area contributed by atoms with Crippen molar-refractivity contribution in [1.82, 2.24) is 10.2 Å². The molecule has 1 atom stereocenters. The van der Waals surface area contributed by atoms with Gasteiger partial charge >= 0.3 is 6.18 Å². The zero-order chi connectivity index (χ0) is 29.7. The predicted molar refractivity (Wildman–Crippen MR) is 150 cm³/mol. The van der Waals surface area contributed by atoms with Gasteiger partial charge in [0.05, 0.1) is 22.5 Å². The van der Waals surface area contributed by atoms with Crippen molar-refractivity contribution < 1.29 is 31.2 Å². The number of nitrogens with one attached hydrogen (secondary N) is 1. The molecule has 40 heavy (non-hydrogen) atoms. The largest absolute Gasteiger partial charge is 0.417 e. The fraction of sp³-hybridized carbons (Fsp3) is 0.481. The average molecular weight is 623 g/mol. The minimum absolute atomic E-state index is 0.0325. The third kappa shape index (κ3) is 8.27. The summed E-state index contributed by atoms with van der Waals surface area (Å²) >= 11 is 12.1. The monoisotopic (exact) mass is 621 g/mol. The van der Waals surface area contributed by atoms with E-state index in [0.717, 1.165) is 50.5 Å². The normalized spacial score (nSPS) is 15.4. The van der Waals surface area contributed by atoms with Crippen molar-refractivity contribution in [2.45, 2.75) is 70.3 Å². The Bertz CT molecular complexity index is 1320. The quantitative estimate of drug-likeness (QED) is 0.351. The molecule has 7 nitrogen and oxygen atoms in total. The maximum atomic E-state index is 13.8. The Morgan fingerprint density at radius 1 is 1.05 bits per heavy atom. The Balaban J connectivity index is 1.98. The first kappa shape index (κ1) is 32.0. The molecule has 220 valence electrons. The van der Waals surface area contributed by atoms with Gasteiger partial charge < -0.3 is 10.2 Å². The molecule has 3 rings (SSSR count). The number of hydrogen-bond acceptors (Lipinski definition) is 4. The van der Waals surface area contributed by atoms with Crippen LogP contribution in [-0.4, -0.2) is 50.0 Å². The molecule has 0 saturated heterocycles. The highest BCUT2D eigenvalue weighted by atomic mass is 35.5. The summed E-state index contributed by atoms with van der Waals surface area (Å²) in [5.74, 6) is -1.16. The van der Waals surface area contributed by atoms with Crippen LogP contribution in [0.4, 0.5) is 18.9 Å². The Labute approximate surface area is 242 Å². The zero-order valence-electron chi connectivity index (χ0n) is 22.2. The van der Waals surface area contributed by atoms with Gasteiger partial charge in [-0.3, -0.25) is 13.9 Å². The fourth-order valence-electron chi connectivity index (χ4n) is 4.77. The molecule has 0 unspecified atom stereocenters. The van der Waals surface area contributed by atoms with Crippen LogP contribution in [0.2, 0.25) is 10.0 Å². The summed E-state index contributed by atoms with van der Waals surface area (Å²) in [6.07, 6.45) is 0.841. The molecule has 0 bridgehead atoms. The van der Waals surface area contributed by atoms with E-state index in [1.54, 1.807) is 31.2 Å². The maximum absolute atomic E-state index is 13.8. The van der Waals surface area contributed by atoms with Crippen LogP contribution >= 0.6 is 23.2 Å². The van der Waals surface area contributed by atoms with Gasteiger partial charge in [-0.25, -0.2) is 8.42 Å². The van der Waals surface area contributed by atoms with Crippen molar-refractivity contribution in [3.63, 3.8) is 0 Å². The van der Waals surface area contributed by atoms with Crippen LogP contribution in [0.1, 0.15) is 56.6 Å². The molecular formula is C27H32Cl2F3N3O4S. The number of alkyl halides is 3. The van der Waals surface area contributed by atoms with Crippen molar-refractivity contribution in [3.8, 4) is 0 Å². The van der Waals surface area contributed by atoms with E-state index in [4.69, 9.17) is 23.2 Å². The van der Waals surface area contributed by atoms with Gasteiger partial charge in [-0.1, -0.05) is 67.6 Å². The van der Waals surface area contributed by atoms with E-state index in [-0.39, 0.29) is 30.6 Å². The topological polar surface area (TPSA) is 86.8 Å². The molecule has 2 amide bonds. The van der Waals surface area contributed by atoms with Crippen LogP contribution in [0.15, 0.2) is 42.5 Å². The summed E-state index contributed by atoms with van der Waals surface area (Å²) in [6, 6.07) is 8.32. The molecule has 1 fully saturated rings. The highest BCUT2D eigenvalue weighted by Gasteiger charge is 2.36. The number of anilines is 1. The second-order valence-electron chi connectivity index (χ2n) is 9.81. The summed E-state index contributed by atoms with van der Waals surface area (Å²) < 4.78 is 66.5. The fourth-order valence-corrected chi connectivity index (χ4v) is 6.03. The molecule has 0 spiro atoms. The molecule has 1 saturated carbocycles. The molecule has 2 aromatic rings. The van der Waals surface area contributed by atoms with Crippen LogP contribution < -0.4 is 9.62 Å². The first-order valence-electron chi connectivity index (χ1n) is 12.9. The molecule has 1 aliphatic rings. The molecule has 0 aromatic heterocycles. The van der Waals surface area contributed by atoms with Crippen molar-refractivity contribution in [2.24, 2.45) is 0 Å². The van der Waals surface area contributed by atoms with Crippen molar-refractivity contribution in [1.29, 1.82) is 0 Å². The number of amides is 2. The molecule has 0 heterocycles. The van der Waals surface area contributed by atoms with Gasteiger partial charge in [0.25, 0.3) is 0 Å². The van der Waals surface area contributed by atoms with Crippen molar-refractivity contribution in [3.05, 3.63) is 63.6 Å². The SMILES string of the molecule is CC[C@@H](C(=O)NC1CCCCC1)N(Cc1ccccc1Cl)C(=O)CN(c1ccc(Cl)c(C(F)(F)F)c1)S(C)(=O)=O. The number of halogens is 5. The van der Waals surface area contributed by atoms with Crippen LogP contribution in [0.3, 0.4) is 0 Å². The van der Waals surface area contributed by atoms with E-state index in [9.17, 15) is 31.2 Å². The lowest BCUT2D eigenvalue weighted by Crippen LogP contribution is -2.54. The van der Waals surface area contributed by atoms with Crippen LogP contribution in [0.5, 0.6) is 0 Å². The summed E-state index contributed by atoms with van der Waals surface area (Å²) in [7, 11) is -4.23. The Morgan fingerprint density at radius 3 is 2.27 bits per heavy atom. The lowest BCUT2D eigenvalue weighted by molar-refractivity contribution is -0.140. The van der Waals surface area contributed by atoms with E-state index in [0.29, 0.717) is 21.0 Å². The molecule has 0 aliphatic heterocycles. The summed E-state index contributed by atoms with van der Waals surface area (Å²) in [5, 5.41) is 2.75. The first-order valence-corrected chi connectivity index (χ1v) is 15.5. The molecule has 1 N–H and O–H groups in total. The van der Waals surface area contributed by atoms with Gasteiger partial charge in [0, 0.05) is 17.6 Å². The Hall–Kier alpha value is -2.50. The minimum Gasteiger partial charge on any atom is -0.352 e. The molecule has 13 heteroatoms. The summed E-state index contributed by atoms with van der Waals surface area (Å²) in [4.78, 5) is 28.4. The molecule has 0 radical (unpaired) electrons. The second kappa shape index (κ2) is 13.4. The van der Waals surface area contributed by atoms with Crippen molar-refractivity contribution in [2.75, 3.05) is 17.1 Å². The second-order valence-corrected chi connectivity index (χ2v) is 12.5. The number of sulfonamides is 1. The van der Waals surface area contributed by atoms with Gasteiger partial charge in [-0.15, -0.1) is 0 Å². The van der Waals surface area contributed by atoms with E-state index in [2.05, 4.69) is 5.32 Å². The highest BCUT2D eigenvalue weighted by Crippen LogP contribution is 2.37. The average Bonchev–Trinajstić information content (AvgIpc) is 2.88. The number of benzene rings is 2. The first-order chi connectivity index (χ1) is 18.7. The lowest BCUT2D eigenvalue weighted by Gasteiger charge is -2.34. The highest BCUT2D eigenvalue weighted by molar-refractivity contribution is 7.92. The predicted octanol–water partition coefficient (Wildman–Crippen LogP) is 6.03. The minimum atomic E-state index is -4.85. The van der Waals surface area contributed by atoms with Gasteiger partial charge in [0.2, 0.25) is 21.8 Å². The summed E-state index contributed by atoms with van der Waals surface area (Å²) in [5.41, 5.74) is -1.10. The van der Waals surface area contributed by atoms with Crippen LogP contribution in [-0.2, 0) is 32.3 Å². The third-order valence-electron chi connectivity index (χ3n) is 6.86. The van der Waals surface area contributed by atoms with Gasteiger partial charge in [-0.2, -0.15) is 13.2 Å². The van der Waals surface area contributed by atoms with Crippen LogP contribution in [0.25, 0.3) is 0 Å². The van der Waals surface area contributed by atoms with E-state index in [1.807, 2.05) is 0 Å². The standard InChI is InChI=1S/C27H32Cl2F3N3O4S/c1-3-24(26(37)33-19-10-5-4-6-11-19)34(16-18-9-7-8-12-22(18)28)25(36)17-35(40(2,38)39)20-13-14-23(29)21(15-20)27(30,31)32/h7-9,12-15,19,24H,3-6,10-11,16-17H2,1-2H3,(H,33,37)/t24-/m0/s1.